The molecule has 17 heavy (non-hydrogen) atoms. The first kappa shape index (κ1) is 12.1. The van der Waals surface area contributed by atoms with Crippen LogP contribution in [0, 0.1) is 0 Å². The van der Waals surface area contributed by atoms with Gasteiger partial charge in [0.05, 0.1) is 5.69 Å². The Bertz CT molecular complexity index is 423. The van der Waals surface area contributed by atoms with Gasteiger partial charge in [0.2, 0.25) is 0 Å². The summed E-state index contributed by atoms with van der Waals surface area (Å²) in [5.74, 6) is -0.0185. The van der Waals surface area contributed by atoms with Crippen LogP contribution in [0.4, 0.5) is 13.2 Å². The number of aldehydes is 1. The van der Waals surface area contributed by atoms with E-state index in [2.05, 4.69) is 10.3 Å². The molecule has 4 nitrogen and oxygen atoms in total. The Balaban J connectivity index is 2.39. The lowest BCUT2D eigenvalue weighted by atomic mass is 9.82. The Morgan fingerprint density at radius 1 is 1.47 bits per heavy atom. The zero-order valence-electron chi connectivity index (χ0n) is 9.24. The van der Waals surface area contributed by atoms with E-state index in [9.17, 15) is 18.0 Å². The van der Waals surface area contributed by atoms with Gasteiger partial charge in [-0.3, -0.25) is 4.79 Å². The molecule has 1 saturated carbocycles. The highest BCUT2D eigenvalue weighted by Gasteiger charge is 2.41. The molecule has 7 heteroatoms. The number of nitrogens with zero attached hydrogens (tertiary/aromatic N) is 3. The van der Waals surface area contributed by atoms with E-state index in [1.54, 1.807) is 0 Å². The third-order valence-electron chi connectivity index (χ3n) is 3.20. The number of rotatable bonds is 3. The lowest BCUT2D eigenvalue weighted by Gasteiger charge is -2.28. The van der Waals surface area contributed by atoms with Crippen LogP contribution in [0.5, 0.6) is 0 Å². The van der Waals surface area contributed by atoms with Crippen molar-refractivity contribution in [3.8, 4) is 0 Å². The third kappa shape index (κ3) is 2.05. The average molecular weight is 247 g/mol. The maximum Gasteiger partial charge on any atom is 0.410 e. The second-order valence-corrected chi connectivity index (χ2v) is 4.27. The Labute approximate surface area is 95.8 Å². The van der Waals surface area contributed by atoms with Gasteiger partial charge in [0.25, 0.3) is 0 Å². The molecule has 1 aromatic rings. The monoisotopic (exact) mass is 247 g/mol. The number of halogens is 3. The van der Waals surface area contributed by atoms with Crippen molar-refractivity contribution < 1.29 is 18.0 Å². The highest BCUT2D eigenvalue weighted by atomic mass is 19.4. The van der Waals surface area contributed by atoms with Gasteiger partial charge < -0.3 is 0 Å². The van der Waals surface area contributed by atoms with Gasteiger partial charge in [0.1, 0.15) is 11.7 Å². The van der Waals surface area contributed by atoms with Gasteiger partial charge in [0.15, 0.2) is 6.29 Å². The molecule has 1 aliphatic carbocycles. The largest absolute Gasteiger partial charge is 0.410 e. The predicted octanol–water partition coefficient (Wildman–Crippen LogP) is 2.48. The molecule has 2 rings (SSSR count). The first-order chi connectivity index (χ1) is 7.95. The summed E-state index contributed by atoms with van der Waals surface area (Å²) in [4.78, 5) is 10.8. The van der Waals surface area contributed by atoms with Crippen molar-refractivity contribution in [3.05, 3.63) is 11.4 Å². The Hall–Kier alpha value is -1.40. The summed E-state index contributed by atoms with van der Waals surface area (Å²) in [5, 5.41) is 6.99. The Kier molecular flexibility index (Phi) is 2.92. The molecule has 94 valence electrons. The van der Waals surface area contributed by atoms with Crippen molar-refractivity contribution in [2.45, 2.75) is 44.3 Å². The molecule has 0 aliphatic heterocycles. The van der Waals surface area contributed by atoms with Crippen LogP contribution in [-0.4, -0.2) is 27.5 Å². The van der Waals surface area contributed by atoms with Crippen LogP contribution in [0.2, 0.25) is 0 Å². The van der Waals surface area contributed by atoms with Crippen molar-refractivity contribution in [1.82, 2.24) is 15.0 Å². The zero-order chi connectivity index (χ0) is 12.6. The number of aromatic nitrogens is 3. The number of alkyl halides is 3. The minimum Gasteiger partial charge on any atom is -0.296 e. The second-order valence-electron chi connectivity index (χ2n) is 4.27. The Morgan fingerprint density at radius 2 is 2.12 bits per heavy atom. The first-order valence-electron chi connectivity index (χ1n) is 5.42. The summed E-state index contributed by atoms with van der Waals surface area (Å²) >= 11 is 0. The molecule has 0 saturated heterocycles. The van der Waals surface area contributed by atoms with Crippen LogP contribution in [-0.2, 0) is 0 Å². The lowest BCUT2D eigenvalue weighted by Crippen LogP contribution is -2.28. The van der Waals surface area contributed by atoms with Gasteiger partial charge in [0, 0.05) is 5.92 Å². The fourth-order valence-electron chi connectivity index (χ4n) is 1.90. The normalized spacial score (nSPS) is 18.8. The fourth-order valence-corrected chi connectivity index (χ4v) is 1.90. The maximum absolute atomic E-state index is 12.6. The van der Waals surface area contributed by atoms with Gasteiger partial charge in [-0.2, -0.15) is 13.2 Å². The van der Waals surface area contributed by atoms with Crippen LogP contribution in [0.25, 0.3) is 0 Å². The van der Waals surface area contributed by atoms with Gasteiger partial charge in [-0.1, -0.05) is 11.6 Å². The molecule has 0 spiro atoms. The van der Waals surface area contributed by atoms with Crippen molar-refractivity contribution in [1.29, 1.82) is 0 Å². The minimum atomic E-state index is -4.38. The molecular weight excluding hydrogens is 235 g/mol. The predicted molar refractivity (Wildman–Crippen MR) is 52.8 cm³/mol. The first-order valence-corrected chi connectivity index (χ1v) is 5.42. The highest BCUT2D eigenvalue weighted by molar-refractivity contribution is 5.73. The van der Waals surface area contributed by atoms with Gasteiger partial charge >= 0.3 is 6.18 Å². The average Bonchev–Trinajstić information content (AvgIpc) is 2.56. The number of carbonyl (C=O) groups is 1. The minimum absolute atomic E-state index is 0.0185. The lowest BCUT2D eigenvalue weighted by molar-refractivity contribution is -0.166. The molecule has 0 aromatic carbocycles. The highest BCUT2D eigenvalue weighted by Crippen LogP contribution is 2.40. The molecule has 0 radical (unpaired) electrons. The van der Waals surface area contributed by atoms with E-state index in [-0.39, 0.29) is 11.6 Å². The van der Waals surface area contributed by atoms with Crippen LogP contribution in [0.15, 0.2) is 0 Å². The van der Waals surface area contributed by atoms with E-state index in [0.717, 1.165) is 30.9 Å². The number of hydrogen-bond acceptors (Lipinski definition) is 3. The van der Waals surface area contributed by atoms with Crippen molar-refractivity contribution >= 4 is 6.29 Å². The van der Waals surface area contributed by atoms with E-state index < -0.39 is 12.2 Å². The SMILES string of the molecule is CC(n1nnc(C=O)c1C1CCC1)C(F)(F)F. The smallest absolute Gasteiger partial charge is 0.296 e. The van der Waals surface area contributed by atoms with Gasteiger partial charge in [-0.15, -0.1) is 5.10 Å². The standard InChI is InChI=1S/C10H12F3N3O/c1-6(10(11,12)13)16-9(7-3-2-4-7)8(5-17)14-15-16/h5-7H,2-4H2,1H3. The molecule has 0 amide bonds. The summed E-state index contributed by atoms with van der Waals surface area (Å²) < 4.78 is 38.8. The molecular formula is C10H12F3N3O. The van der Waals surface area contributed by atoms with E-state index >= 15 is 0 Å². The van der Waals surface area contributed by atoms with E-state index in [4.69, 9.17) is 0 Å². The molecule has 1 aromatic heterocycles. The third-order valence-corrected chi connectivity index (χ3v) is 3.20. The molecule has 1 fully saturated rings. The molecule has 0 N–H and O–H groups in total. The van der Waals surface area contributed by atoms with E-state index in [1.165, 1.54) is 0 Å². The second kappa shape index (κ2) is 4.12. The fraction of sp³-hybridized carbons (Fsp3) is 0.700. The summed E-state index contributed by atoms with van der Waals surface area (Å²) in [5.41, 5.74) is 0.363. The van der Waals surface area contributed by atoms with Crippen LogP contribution >= 0.6 is 0 Å². The summed E-state index contributed by atoms with van der Waals surface area (Å²) in [6.45, 7) is 1.02. The maximum atomic E-state index is 12.6. The summed E-state index contributed by atoms with van der Waals surface area (Å²) in [7, 11) is 0. The van der Waals surface area contributed by atoms with E-state index in [0.29, 0.717) is 12.0 Å². The van der Waals surface area contributed by atoms with Crippen molar-refractivity contribution in [3.63, 3.8) is 0 Å². The van der Waals surface area contributed by atoms with Crippen LogP contribution in [0.1, 0.15) is 54.3 Å². The van der Waals surface area contributed by atoms with Crippen LogP contribution < -0.4 is 0 Å². The number of carbonyl (C=O) groups excluding carboxylic acids is 1. The van der Waals surface area contributed by atoms with Gasteiger partial charge in [-0.05, 0) is 19.8 Å². The van der Waals surface area contributed by atoms with Crippen molar-refractivity contribution in [2.75, 3.05) is 0 Å². The number of hydrogen-bond donors (Lipinski definition) is 0. The molecule has 0 bridgehead atoms. The topological polar surface area (TPSA) is 47.8 Å². The summed E-state index contributed by atoms with van der Waals surface area (Å²) in [6.07, 6.45) is -1.36. The molecule has 1 aliphatic rings. The quantitative estimate of drug-likeness (QED) is 0.771. The van der Waals surface area contributed by atoms with E-state index in [1.807, 2.05) is 0 Å². The Morgan fingerprint density at radius 3 is 2.53 bits per heavy atom. The van der Waals surface area contributed by atoms with Gasteiger partial charge in [-0.25, -0.2) is 4.68 Å². The zero-order valence-corrected chi connectivity index (χ0v) is 9.24. The van der Waals surface area contributed by atoms with Crippen LogP contribution in [0.3, 0.4) is 0 Å². The van der Waals surface area contributed by atoms with Crippen molar-refractivity contribution in [2.24, 2.45) is 0 Å². The molecule has 1 unspecified atom stereocenters. The summed E-state index contributed by atoms with van der Waals surface area (Å²) in [6, 6.07) is -1.75. The molecule has 1 heterocycles. The molecule has 1 atom stereocenters.